The number of carbonyl (C=O) groups is 2. The van der Waals surface area contributed by atoms with Crippen LogP contribution >= 0.6 is 0 Å². The molecule has 0 aliphatic heterocycles. The molecule has 0 aliphatic carbocycles. The Balaban J connectivity index is -0.00000205. The average molecular weight is 778 g/mol. The van der Waals surface area contributed by atoms with E-state index in [0.29, 0.717) is 25.4 Å². The van der Waals surface area contributed by atoms with Gasteiger partial charge in [0, 0.05) is 29.3 Å². The highest BCUT2D eigenvalue weighted by molar-refractivity contribution is 7.78. The zero-order valence-electron chi connectivity index (χ0n) is 35.2. The van der Waals surface area contributed by atoms with Gasteiger partial charge in [-0.2, -0.15) is 0 Å². The van der Waals surface area contributed by atoms with Crippen LogP contribution in [0, 0.1) is 0 Å². The van der Waals surface area contributed by atoms with E-state index < -0.39 is 11.1 Å². The summed E-state index contributed by atoms with van der Waals surface area (Å²) >= 11 is -1.86. The maximum Gasteiger partial charge on any atom is 0.306 e. The van der Waals surface area contributed by atoms with Crippen LogP contribution in [0.2, 0.25) is 0 Å². The fourth-order valence-corrected chi connectivity index (χ4v) is 6.27. The van der Waals surface area contributed by atoms with Crippen LogP contribution in [0.15, 0.2) is 4.99 Å². The van der Waals surface area contributed by atoms with E-state index in [9.17, 15) is 9.59 Å². The monoisotopic (exact) mass is 778 g/mol. The molecular formula is C42H89N4O6S-. The molecule has 0 rings (SSSR count). The van der Waals surface area contributed by atoms with Crippen LogP contribution in [0.25, 0.3) is 0 Å². The second-order valence-corrected chi connectivity index (χ2v) is 15.4. The van der Waals surface area contributed by atoms with Crippen molar-refractivity contribution in [2.45, 2.75) is 207 Å². The topological polar surface area (TPSA) is 146 Å². The lowest BCUT2D eigenvalue weighted by molar-refractivity contribution is -0.150. The minimum absolute atomic E-state index is 0. The van der Waals surface area contributed by atoms with Crippen molar-refractivity contribution in [2.24, 2.45) is 10.7 Å². The summed E-state index contributed by atoms with van der Waals surface area (Å²) in [7, 11) is 1.71. The summed E-state index contributed by atoms with van der Waals surface area (Å²) in [6.07, 6.45) is 32.4. The van der Waals surface area contributed by atoms with Gasteiger partial charge in [-0.3, -0.25) is 18.8 Å². The van der Waals surface area contributed by atoms with E-state index in [4.69, 9.17) is 24.0 Å². The first-order valence-electron chi connectivity index (χ1n) is 21.7. The zero-order chi connectivity index (χ0) is 39.6. The van der Waals surface area contributed by atoms with Gasteiger partial charge in [0.1, 0.15) is 6.10 Å². The van der Waals surface area contributed by atoms with Gasteiger partial charge in [-0.15, -0.1) is 0 Å². The van der Waals surface area contributed by atoms with Gasteiger partial charge in [0.25, 0.3) is 0 Å². The minimum atomic E-state index is -1.86. The SMILES string of the molecule is CCCCCCCCOC(=O)CCCCCCCN(CCCCCCCC(=O)OC(CCCCC)CCCCCC)CCCNC(N)=NC.CS(=O)[O-].[HH].[HH]. The predicted octanol–water partition coefficient (Wildman–Crippen LogP) is 10.2. The van der Waals surface area contributed by atoms with Gasteiger partial charge in [0.15, 0.2) is 5.96 Å². The average Bonchev–Trinajstić information content (AvgIpc) is 3.13. The van der Waals surface area contributed by atoms with E-state index in [1.807, 2.05) is 0 Å². The van der Waals surface area contributed by atoms with Crippen LogP contribution in [0.3, 0.4) is 0 Å². The molecule has 11 heteroatoms. The van der Waals surface area contributed by atoms with Gasteiger partial charge < -0.3 is 30.0 Å². The Labute approximate surface area is 332 Å². The number of esters is 2. The summed E-state index contributed by atoms with van der Waals surface area (Å²) in [5.41, 5.74) is 5.80. The first kappa shape index (κ1) is 53.4. The minimum Gasteiger partial charge on any atom is -0.773 e. The molecule has 3 N–H and O–H groups in total. The number of guanidine groups is 1. The van der Waals surface area contributed by atoms with Gasteiger partial charge in [0.2, 0.25) is 0 Å². The third-order valence-electron chi connectivity index (χ3n) is 9.48. The van der Waals surface area contributed by atoms with Crippen LogP contribution in [0.5, 0.6) is 0 Å². The number of rotatable bonds is 37. The summed E-state index contributed by atoms with van der Waals surface area (Å²) < 4.78 is 29.3. The largest absolute Gasteiger partial charge is 0.773 e. The molecule has 53 heavy (non-hydrogen) atoms. The molecule has 0 aliphatic rings. The molecule has 0 saturated carbocycles. The van der Waals surface area contributed by atoms with E-state index in [2.05, 4.69) is 36.0 Å². The zero-order valence-corrected chi connectivity index (χ0v) is 36.1. The molecule has 0 aromatic heterocycles. The summed E-state index contributed by atoms with van der Waals surface area (Å²) in [5.74, 6) is 0.483. The van der Waals surface area contributed by atoms with Crippen molar-refractivity contribution in [2.75, 3.05) is 46.1 Å². The molecule has 2 atom stereocenters. The first-order valence-corrected chi connectivity index (χ1v) is 23.2. The maximum absolute atomic E-state index is 12.6. The van der Waals surface area contributed by atoms with Gasteiger partial charge >= 0.3 is 11.9 Å². The number of carbonyl (C=O) groups excluding carboxylic acids is 2. The molecule has 2 unspecified atom stereocenters. The molecule has 0 spiro atoms. The van der Waals surface area contributed by atoms with Crippen molar-refractivity contribution >= 4 is 29.0 Å². The second kappa shape index (κ2) is 43.0. The van der Waals surface area contributed by atoms with E-state index >= 15 is 0 Å². The van der Waals surface area contributed by atoms with Gasteiger partial charge in [-0.1, -0.05) is 135 Å². The smallest absolute Gasteiger partial charge is 0.306 e. The van der Waals surface area contributed by atoms with Crippen molar-refractivity contribution in [1.82, 2.24) is 10.2 Å². The maximum atomic E-state index is 12.6. The van der Waals surface area contributed by atoms with E-state index in [0.717, 1.165) is 90.2 Å². The number of aliphatic imine (C=N–C) groups is 1. The van der Waals surface area contributed by atoms with E-state index in [1.54, 1.807) is 7.05 Å². The fraction of sp³-hybridized carbons (Fsp3) is 0.929. The normalized spacial score (nSPS) is 12.6. The highest BCUT2D eigenvalue weighted by atomic mass is 32.2. The van der Waals surface area contributed by atoms with Crippen molar-refractivity contribution < 1.29 is 30.7 Å². The van der Waals surface area contributed by atoms with Gasteiger partial charge in [-0.25, -0.2) is 0 Å². The summed E-state index contributed by atoms with van der Waals surface area (Å²) in [6, 6.07) is 0. The highest BCUT2D eigenvalue weighted by Gasteiger charge is 2.14. The third-order valence-corrected chi connectivity index (χ3v) is 9.48. The van der Waals surface area contributed by atoms with Crippen LogP contribution in [-0.4, -0.2) is 83.8 Å². The number of hydrogen-bond donors (Lipinski definition) is 2. The molecule has 0 amide bonds. The molecule has 0 aromatic rings. The molecule has 0 aromatic carbocycles. The van der Waals surface area contributed by atoms with Crippen LogP contribution in [0.4, 0.5) is 0 Å². The van der Waals surface area contributed by atoms with Crippen molar-refractivity contribution in [3.8, 4) is 0 Å². The standard InChI is InChI=1S/C41H82N4O4.CH4O2S.2H2/c1-5-8-11-13-20-27-37-48-39(46)31-23-16-14-18-25-34-45(36-28-33-44-41(42)43-4)35-26-19-15-17-24-32-40(47)49-38(29-21-10-7-3)30-22-12-9-6-2;1-4(2)3;;/h38H,5-37H2,1-4H3,(H3,42,43,44);1H3,(H,2,3);2*1H/p-1. The summed E-state index contributed by atoms with van der Waals surface area (Å²) in [5, 5.41) is 3.18. The Morgan fingerprint density at radius 3 is 1.64 bits per heavy atom. The van der Waals surface area contributed by atoms with Crippen molar-refractivity contribution in [3.05, 3.63) is 0 Å². The van der Waals surface area contributed by atoms with Crippen molar-refractivity contribution in [1.29, 1.82) is 0 Å². The lowest BCUT2D eigenvalue weighted by Crippen LogP contribution is -2.35. The highest BCUT2D eigenvalue weighted by Crippen LogP contribution is 2.17. The molecule has 320 valence electrons. The van der Waals surface area contributed by atoms with Crippen LogP contribution < -0.4 is 11.1 Å². The Kier molecular flexibility index (Phi) is 43.3. The molecule has 10 nitrogen and oxygen atoms in total. The summed E-state index contributed by atoms with van der Waals surface area (Å²) in [4.78, 5) is 31.2. The fourth-order valence-electron chi connectivity index (χ4n) is 6.27. The Morgan fingerprint density at radius 2 is 1.09 bits per heavy atom. The molecule has 0 heterocycles. The molecule has 0 bridgehead atoms. The Hall–Kier alpha value is -1.72. The quantitative estimate of drug-likeness (QED) is 0.0207. The number of ether oxygens (including phenoxy) is 2. The first-order chi connectivity index (χ1) is 25.7. The third kappa shape index (κ3) is 44.6. The summed E-state index contributed by atoms with van der Waals surface area (Å²) in [6.45, 7) is 11.4. The number of nitrogens with two attached hydrogens (primary N) is 1. The van der Waals surface area contributed by atoms with Crippen LogP contribution in [-0.2, 0) is 30.1 Å². The Bertz CT molecular complexity index is 872. The van der Waals surface area contributed by atoms with Crippen molar-refractivity contribution in [3.63, 3.8) is 0 Å². The van der Waals surface area contributed by atoms with Crippen LogP contribution in [0.1, 0.15) is 203 Å². The van der Waals surface area contributed by atoms with Gasteiger partial charge in [-0.05, 0) is 90.1 Å². The van der Waals surface area contributed by atoms with Gasteiger partial charge in [0.05, 0.1) is 6.61 Å². The van der Waals surface area contributed by atoms with E-state index in [1.165, 1.54) is 109 Å². The number of hydrogen-bond acceptors (Lipinski definition) is 8. The molecule has 0 radical (unpaired) electrons. The number of nitrogens with zero attached hydrogens (tertiary/aromatic N) is 2. The molecule has 0 saturated heterocycles. The number of nitrogens with one attached hydrogen (secondary N) is 1. The predicted molar refractivity (Wildman–Crippen MR) is 228 cm³/mol. The lowest BCUT2D eigenvalue weighted by atomic mass is 10.0. The number of unbranched alkanes of at least 4 members (excludes halogenated alkanes) is 18. The molecular weight excluding hydrogens is 689 g/mol. The Morgan fingerprint density at radius 1 is 0.679 bits per heavy atom. The lowest BCUT2D eigenvalue weighted by Gasteiger charge is -2.22. The van der Waals surface area contributed by atoms with E-state index in [-0.39, 0.29) is 20.9 Å². The molecule has 0 fully saturated rings. The second-order valence-electron chi connectivity index (χ2n) is 14.6.